The third-order valence-electron chi connectivity index (χ3n) is 3.23. The van der Waals surface area contributed by atoms with E-state index < -0.39 is 11.9 Å². The first kappa shape index (κ1) is 15.7. The Morgan fingerprint density at radius 3 is 2.36 bits per heavy atom. The van der Waals surface area contributed by atoms with E-state index in [0.717, 1.165) is 5.56 Å². The number of ether oxygens (including phenoxy) is 1. The number of carbonyl (C=O) groups excluding carboxylic acids is 2. The molecule has 5 heteroatoms. The van der Waals surface area contributed by atoms with E-state index in [0.29, 0.717) is 16.7 Å². The molecule has 0 fully saturated rings. The Balaban J connectivity index is 2.02. The van der Waals surface area contributed by atoms with Crippen molar-refractivity contribution in [2.24, 2.45) is 0 Å². The zero-order valence-corrected chi connectivity index (χ0v) is 12.5. The summed E-state index contributed by atoms with van der Waals surface area (Å²) < 4.78 is 4.69. The quantitative estimate of drug-likeness (QED) is 0.681. The van der Waals surface area contributed by atoms with Crippen molar-refractivity contribution in [3.63, 3.8) is 0 Å². The molecule has 0 heterocycles. The van der Waals surface area contributed by atoms with Gasteiger partial charge in [-0.1, -0.05) is 36.4 Å². The predicted octanol–water partition coefficient (Wildman–Crippen LogP) is 2.64. The molecule has 0 spiro atoms. The standard InChI is InChI=1S/C17H17NO4/c1-12-14(9-6-10-15(12)17(20)21-2)16(19)18-22-11-13-7-4-3-5-8-13/h3-10H,11H2,1-2H3,(H,18,19). The van der Waals surface area contributed by atoms with Gasteiger partial charge in [-0.2, -0.15) is 0 Å². The van der Waals surface area contributed by atoms with Gasteiger partial charge in [-0.05, 0) is 30.2 Å². The number of esters is 1. The number of hydrogen-bond acceptors (Lipinski definition) is 4. The number of amides is 1. The van der Waals surface area contributed by atoms with Crippen LogP contribution in [0.25, 0.3) is 0 Å². The maximum Gasteiger partial charge on any atom is 0.338 e. The summed E-state index contributed by atoms with van der Waals surface area (Å²) in [5.41, 5.74) is 4.61. The highest BCUT2D eigenvalue weighted by atomic mass is 16.6. The molecule has 0 radical (unpaired) electrons. The fraction of sp³-hybridized carbons (Fsp3) is 0.176. The van der Waals surface area contributed by atoms with E-state index in [1.54, 1.807) is 25.1 Å². The van der Waals surface area contributed by atoms with Gasteiger partial charge in [0.2, 0.25) is 0 Å². The van der Waals surface area contributed by atoms with Crippen LogP contribution in [-0.2, 0) is 16.2 Å². The van der Waals surface area contributed by atoms with Crippen molar-refractivity contribution in [2.45, 2.75) is 13.5 Å². The highest BCUT2D eigenvalue weighted by Gasteiger charge is 2.16. The summed E-state index contributed by atoms with van der Waals surface area (Å²) in [6.45, 7) is 1.96. The van der Waals surface area contributed by atoms with Gasteiger partial charge in [0.15, 0.2) is 0 Å². The molecule has 0 unspecified atom stereocenters. The average molecular weight is 299 g/mol. The molecule has 2 aromatic carbocycles. The second kappa shape index (κ2) is 7.38. The summed E-state index contributed by atoms with van der Waals surface area (Å²) in [5.74, 6) is -0.878. The summed E-state index contributed by atoms with van der Waals surface area (Å²) in [5, 5.41) is 0. The number of rotatable bonds is 5. The van der Waals surface area contributed by atoms with Gasteiger partial charge in [0.25, 0.3) is 5.91 Å². The first-order valence-corrected chi connectivity index (χ1v) is 6.77. The van der Waals surface area contributed by atoms with Crippen molar-refractivity contribution in [1.82, 2.24) is 5.48 Å². The van der Waals surface area contributed by atoms with Gasteiger partial charge in [-0.15, -0.1) is 0 Å². The van der Waals surface area contributed by atoms with Crippen molar-refractivity contribution in [3.8, 4) is 0 Å². The highest BCUT2D eigenvalue weighted by molar-refractivity contribution is 5.99. The molecule has 0 aromatic heterocycles. The number of hydrogen-bond donors (Lipinski definition) is 1. The third kappa shape index (κ3) is 3.71. The lowest BCUT2D eigenvalue weighted by molar-refractivity contribution is 0.0233. The Labute approximate surface area is 128 Å². The van der Waals surface area contributed by atoms with Crippen LogP contribution in [0.5, 0.6) is 0 Å². The maximum atomic E-state index is 12.1. The molecular weight excluding hydrogens is 282 g/mol. The first-order chi connectivity index (χ1) is 10.6. The molecule has 0 saturated carbocycles. The number of methoxy groups -OCH3 is 1. The van der Waals surface area contributed by atoms with Crippen LogP contribution in [0.1, 0.15) is 31.8 Å². The van der Waals surface area contributed by atoms with E-state index in [1.807, 2.05) is 30.3 Å². The van der Waals surface area contributed by atoms with E-state index in [2.05, 4.69) is 10.2 Å². The lowest BCUT2D eigenvalue weighted by atomic mass is 10.0. The minimum absolute atomic E-state index is 0.266. The van der Waals surface area contributed by atoms with Crippen LogP contribution >= 0.6 is 0 Å². The van der Waals surface area contributed by atoms with Crippen LogP contribution in [0.4, 0.5) is 0 Å². The Kier molecular flexibility index (Phi) is 5.27. The van der Waals surface area contributed by atoms with Gasteiger partial charge >= 0.3 is 5.97 Å². The van der Waals surface area contributed by atoms with Crippen LogP contribution in [0.15, 0.2) is 48.5 Å². The van der Waals surface area contributed by atoms with Crippen LogP contribution in [0, 0.1) is 6.92 Å². The number of carbonyl (C=O) groups is 2. The second-order valence-electron chi connectivity index (χ2n) is 4.68. The zero-order chi connectivity index (χ0) is 15.9. The minimum Gasteiger partial charge on any atom is -0.465 e. The summed E-state index contributed by atoms with van der Waals surface area (Å²) >= 11 is 0. The lowest BCUT2D eigenvalue weighted by Crippen LogP contribution is -2.25. The molecule has 1 N–H and O–H groups in total. The van der Waals surface area contributed by atoms with Crippen molar-refractivity contribution in [3.05, 3.63) is 70.8 Å². The van der Waals surface area contributed by atoms with Gasteiger partial charge in [0, 0.05) is 5.56 Å². The van der Waals surface area contributed by atoms with Crippen molar-refractivity contribution in [2.75, 3.05) is 7.11 Å². The van der Waals surface area contributed by atoms with Gasteiger partial charge < -0.3 is 4.74 Å². The second-order valence-corrected chi connectivity index (χ2v) is 4.68. The number of nitrogens with one attached hydrogen (secondary N) is 1. The molecule has 114 valence electrons. The Hall–Kier alpha value is -2.66. The zero-order valence-electron chi connectivity index (χ0n) is 12.5. The molecule has 0 aliphatic carbocycles. The SMILES string of the molecule is COC(=O)c1cccc(C(=O)NOCc2ccccc2)c1C. The molecular formula is C17H17NO4. The van der Waals surface area contributed by atoms with E-state index in [-0.39, 0.29) is 6.61 Å². The van der Waals surface area contributed by atoms with Gasteiger partial charge in [0.05, 0.1) is 19.3 Å². The normalized spacial score (nSPS) is 10.1. The van der Waals surface area contributed by atoms with Crippen LogP contribution in [0.2, 0.25) is 0 Å². The Morgan fingerprint density at radius 1 is 1.00 bits per heavy atom. The van der Waals surface area contributed by atoms with E-state index >= 15 is 0 Å². The van der Waals surface area contributed by atoms with Crippen LogP contribution in [-0.4, -0.2) is 19.0 Å². The average Bonchev–Trinajstić information content (AvgIpc) is 2.55. The molecule has 0 atom stereocenters. The molecule has 5 nitrogen and oxygen atoms in total. The highest BCUT2D eigenvalue weighted by Crippen LogP contribution is 2.15. The molecule has 22 heavy (non-hydrogen) atoms. The molecule has 0 bridgehead atoms. The Morgan fingerprint density at radius 2 is 1.68 bits per heavy atom. The molecule has 0 aliphatic rings. The summed E-state index contributed by atoms with van der Waals surface area (Å²) in [4.78, 5) is 29.0. The lowest BCUT2D eigenvalue weighted by Gasteiger charge is -2.10. The molecule has 2 aromatic rings. The van der Waals surface area contributed by atoms with E-state index in [9.17, 15) is 9.59 Å². The monoisotopic (exact) mass is 299 g/mol. The smallest absolute Gasteiger partial charge is 0.338 e. The topological polar surface area (TPSA) is 64.6 Å². The summed E-state index contributed by atoms with van der Waals surface area (Å²) in [6, 6.07) is 14.4. The van der Waals surface area contributed by atoms with Crippen molar-refractivity contribution >= 4 is 11.9 Å². The van der Waals surface area contributed by atoms with Crippen molar-refractivity contribution < 1.29 is 19.2 Å². The summed E-state index contributed by atoms with van der Waals surface area (Å²) in [7, 11) is 1.30. The van der Waals surface area contributed by atoms with E-state index in [4.69, 9.17) is 4.84 Å². The van der Waals surface area contributed by atoms with E-state index in [1.165, 1.54) is 7.11 Å². The first-order valence-electron chi connectivity index (χ1n) is 6.77. The molecule has 0 aliphatic heterocycles. The molecule has 2 rings (SSSR count). The molecule has 0 saturated heterocycles. The number of hydroxylamine groups is 1. The van der Waals surface area contributed by atoms with Gasteiger partial charge in [0.1, 0.15) is 0 Å². The minimum atomic E-state index is -0.475. The van der Waals surface area contributed by atoms with Crippen LogP contribution < -0.4 is 5.48 Å². The van der Waals surface area contributed by atoms with Gasteiger partial charge in [-0.25, -0.2) is 10.3 Å². The van der Waals surface area contributed by atoms with Crippen molar-refractivity contribution in [1.29, 1.82) is 0 Å². The number of benzene rings is 2. The maximum absolute atomic E-state index is 12.1. The predicted molar refractivity (Wildman–Crippen MR) is 81.2 cm³/mol. The third-order valence-corrected chi connectivity index (χ3v) is 3.23. The van der Waals surface area contributed by atoms with Crippen LogP contribution in [0.3, 0.4) is 0 Å². The summed E-state index contributed by atoms with van der Waals surface area (Å²) in [6.07, 6.45) is 0. The van der Waals surface area contributed by atoms with Gasteiger partial charge in [-0.3, -0.25) is 9.63 Å². The molecule has 1 amide bonds. The largest absolute Gasteiger partial charge is 0.465 e. The Bertz CT molecular complexity index is 668. The fourth-order valence-corrected chi connectivity index (χ4v) is 2.03. The fourth-order valence-electron chi connectivity index (χ4n) is 2.03.